The first-order valence-electron chi connectivity index (χ1n) is 19.6. The molecular formula is C54H42N2. The van der Waals surface area contributed by atoms with E-state index in [1.807, 2.05) is 0 Å². The first kappa shape index (κ1) is 33.7. The second-order valence-corrected chi connectivity index (χ2v) is 15.4. The van der Waals surface area contributed by atoms with E-state index in [1.54, 1.807) is 0 Å². The van der Waals surface area contributed by atoms with Crippen molar-refractivity contribution in [1.29, 1.82) is 0 Å². The SMILES string of the molecule is CC1(C)c2cc(C=Cc3ccc4c(c3)Cc3cc(N(c5ccccc5)c5ccccc5)ccc3-4)ccc2-c2ccc(N(c3ccccc3)c3ccccc3)cc21. The third-order valence-electron chi connectivity index (χ3n) is 11.6. The lowest BCUT2D eigenvalue weighted by atomic mass is 9.81. The minimum Gasteiger partial charge on any atom is -0.310 e. The summed E-state index contributed by atoms with van der Waals surface area (Å²) in [5.74, 6) is 0. The molecule has 2 nitrogen and oxygen atoms in total. The maximum atomic E-state index is 2.40. The third-order valence-corrected chi connectivity index (χ3v) is 11.6. The van der Waals surface area contributed by atoms with Gasteiger partial charge in [-0.1, -0.05) is 147 Å². The van der Waals surface area contributed by atoms with Gasteiger partial charge in [-0.2, -0.15) is 0 Å². The van der Waals surface area contributed by atoms with E-state index in [0.717, 1.165) is 29.2 Å². The fourth-order valence-corrected chi connectivity index (χ4v) is 8.84. The molecule has 0 aliphatic heterocycles. The van der Waals surface area contributed by atoms with Gasteiger partial charge in [-0.15, -0.1) is 0 Å². The molecule has 0 atom stereocenters. The lowest BCUT2D eigenvalue weighted by Gasteiger charge is -2.28. The van der Waals surface area contributed by atoms with E-state index in [-0.39, 0.29) is 5.41 Å². The summed E-state index contributed by atoms with van der Waals surface area (Å²) >= 11 is 0. The normalized spacial score (nSPS) is 13.2. The summed E-state index contributed by atoms with van der Waals surface area (Å²) in [6.07, 6.45) is 5.47. The molecule has 0 bridgehead atoms. The zero-order valence-electron chi connectivity index (χ0n) is 31.7. The molecule has 0 unspecified atom stereocenters. The van der Waals surface area contributed by atoms with Crippen LogP contribution in [0.4, 0.5) is 34.1 Å². The standard InChI is InChI=1S/C54H42N2/c1-54(2)52-34-39(26-30-50(52)51-32-28-47(37-53(51)54)56(44-19-11-5-12-20-44)45-21-13-6-14-22-45)24-23-38-25-29-48-40(33-38)35-41-36-46(27-31-49(41)48)55(42-15-7-3-8-16-42)43-17-9-4-10-18-43/h3-34,36-37H,35H2,1-2H3. The van der Waals surface area contributed by atoms with Crippen LogP contribution in [0.15, 0.2) is 194 Å². The monoisotopic (exact) mass is 718 g/mol. The van der Waals surface area contributed by atoms with Crippen LogP contribution in [0.2, 0.25) is 0 Å². The molecule has 0 aromatic heterocycles. The Morgan fingerprint density at radius 1 is 0.357 bits per heavy atom. The van der Waals surface area contributed by atoms with E-state index in [9.17, 15) is 0 Å². The summed E-state index contributed by atoms with van der Waals surface area (Å²) in [6, 6.07) is 70.4. The van der Waals surface area contributed by atoms with Crippen molar-refractivity contribution in [1.82, 2.24) is 0 Å². The van der Waals surface area contributed by atoms with Crippen LogP contribution in [-0.4, -0.2) is 0 Å². The van der Waals surface area contributed by atoms with Crippen LogP contribution in [0.5, 0.6) is 0 Å². The van der Waals surface area contributed by atoms with E-state index in [1.165, 1.54) is 67.0 Å². The maximum Gasteiger partial charge on any atom is 0.0465 e. The molecule has 8 aromatic carbocycles. The number of para-hydroxylation sites is 4. The lowest BCUT2D eigenvalue weighted by molar-refractivity contribution is 0.660. The maximum absolute atomic E-state index is 2.40. The summed E-state index contributed by atoms with van der Waals surface area (Å²) in [5, 5.41) is 0. The highest BCUT2D eigenvalue weighted by molar-refractivity contribution is 5.88. The molecule has 8 aromatic rings. The highest BCUT2D eigenvalue weighted by Crippen LogP contribution is 2.51. The molecule has 0 heterocycles. The molecule has 0 saturated heterocycles. The van der Waals surface area contributed by atoms with Gasteiger partial charge in [0, 0.05) is 39.5 Å². The van der Waals surface area contributed by atoms with Crippen LogP contribution >= 0.6 is 0 Å². The summed E-state index contributed by atoms with van der Waals surface area (Å²) < 4.78 is 0. The predicted molar refractivity (Wildman–Crippen MR) is 237 cm³/mol. The number of rotatable bonds is 8. The van der Waals surface area contributed by atoms with Crippen LogP contribution < -0.4 is 9.80 Å². The van der Waals surface area contributed by atoms with Crippen molar-refractivity contribution in [3.8, 4) is 22.3 Å². The fourth-order valence-electron chi connectivity index (χ4n) is 8.84. The number of benzene rings is 8. The Morgan fingerprint density at radius 3 is 1.23 bits per heavy atom. The summed E-state index contributed by atoms with van der Waals surface area (Å²) in [6.45, 7) is 4.74. The Bertz CT molecular complexity index is 2650. The van der Waals surface area contributed by atoms with Gasteiger partial charge in [0.15, 0.2) is 0 Å². The van der Waals surface area contributed by atoms with Crippen LogP contribution in [0, 0.1) is 0 Å². The second-order valence-electron chi connectivity index (χ2n) is 15.4. The van der Waals surface area contributed by atoms with Gasteiger partial charge in [0.05, 0.1) is 0 Å². The van der Waals surface area contributed by atoms with Crippen molar-refractivity contribution in [2.24, 2.45) is 0 Å². The number of anilines is 6. The minimum atomic E-state index is -0.141. The Labute approximate surface area is 330 Å². The molecule has 2 heteroatoms. The molecule has 0 fully saturated rings. The lowest BCUT2D eigenvalue weighted by Crippen LogP contribution is -2.16. The molecular weight excluding hydrogens is 677 g/mol. The topological polar surface area (TPSA) is 6.48 Å². The van der Waals surface area contributed by atoms with Gasteiger partial charge in [-0.05, 0) is 135 Å². The van der Waals surface area contributed by atoms with Gasteiger partial charge in [0.2, 0.25) is 0 Å². The number of nitrogens with zero attached hydrogens (tertiary/aromatic N) is 2. The zero-order chi connectivity index (χ0) is 37.6. The Morgan fingerprint density at radius 2 is 0.732 bits per heavy atom. The van der Waals surface area contributed by atoms with Gasteiger partial charge >= 0.3 is 0 Å². The number of hydrogen-bond acceptors (Lipinski definition) is 2. The van der Waals surface area contributed by atoms with Crippen molar-refractivity contribution in [3.63, 3.8) is 0 Å². The highest BCUT2D eigenvalue weighted by Gasteiger charge is 2.36. The van der Waals surface area contributed by atoms with Crippen LogP contribution in [0.25, 0.3) is 34.4 Å². The molecule has 2 aliphatic carbocycles. The largest absolute Gasteiger partial charge is 0.310 e. The zero-order valence-corrected chi connectivity index (χ0v) is 31.7. The quantitative estimate of drug-likeness (QED) is 0.144. The summed E-state index contributed by atoms with van der Waals surface area (Å²) in [7, 11) is 0. The predicted octanol–water partition coefficient (Wildman–Crippen LogP) is 14.7. The van der Waals surface area contributed by atoms with Crippen molar-refractivity contribution in [2.75, 3.05) is 9.80 Å². The molecule has 0 radical (unpaired) electrons. The fraction of sp³-hybridized carbons (Fsp3) is 0.0741. The van der Waals surface area contributed by atoms with Gasteiger partial charge < -0.3 is 9.80 Å². The number of hydrogen-bond donors (Lipinski definition) is 0. The number of fused-ring (bicyclic) bond motifs is 6. The smallest absolute Gasteiger partial charge is 0.0465 e. The average Bonchev–Trinajstić information content (AvgIpc) is 3.72. The van der Waals surface area contributed by atoms with Gasteiger partial charge in [0.1, 0.15) is 0 Å². The van der Waals surface area contributed by atoms with E-state index in [4.69, 9.17) is 0 Å². The van der Waals surface area contributed by atoms with Crippen molar-refractivity contribution < 1.29 is 0 Å². The summed E-state index contributed by atoms with van der Waals surface area (Å²) in [5.41, 5.74) is 20.1. The first-order chi connectivity index (χ1) is 27.5. The molecule has 268 valence electrons. The van der Waals surface area contributed by atoms with Crippen LogP contribution in [-0.2, 0) is 11.8 Å². The van der Waals surface area contributed by atoms with E-state index < -0.39 is 0 Å². The van der Waals surface area contributed by atoms with Crippen molar-refractivity contribution in [3.05, 3.63) is 228 Å². The molecule has 2 aliphatic rings. The van der Waals surface area contributed by atoms with Crippen LogP contribution in [0.1, 0.15) is 47.2 Å². The minimum absolute atomic E-state index is 0.141. The van der Waals surface area contributed by atoms with Gasteiger partial charge in [-0.25, -0.2) is 0 Å². The average molecular weight is 719 g/mol. The summed E-state index contributed by atoms with van der Waals surface area (Å²) in [4.78, 5) is 4.70. The van der Waals surface area contributed by atoms with E-state index >= 15 is 0 Å². The van der Waals surface area contributed by atoms with Crippen LogP contribution in [0.3, 0.4) is 0 Å². The Kier molecular flexibility index (Phi) is 8.26. The molecule has 10 rings (SSSR count). The third kappa shape index (κ3) is 5.91. The molecule has 0 spiro atoms. The second kappa shape index (κ2) is 13.7. The molecule has 0 saturated carbocycles. The van der Waals surface area contributed by atoms with Gasteiger partial charge in [-0.3, -0.25) is 0 Å². The van der Waals surface area contributed by atoms with Crippen molar-refractivity contribution in [2.45, 2.75) is 25.7 Å². The first-order valence-corrected chi connectivity index (χ1v) is 19.6. The highest BCUT2D eigenvalue weighted by atomic mass is 15.1. The molecule has 0 N–H and O–H groups in total. The Balaban J connectivity index is 0.914. The van der Waals surface area contributed by atoms with Crippen molar-refractivity contribution >= 4 is 46.3 Å². The molecule has 0 amide bonds. The molecule has 56 heavy (non-hydrogen) atoms. The van der Waals surface area contributed by atoms with Gasteiger partial charge in [0.25, 0.3) is 0 Å². The van der Waals surface area contributed by atoms with E-state index in [2.05, 4.69) is 230 Å². The Hall–Kier alpha value is -6.90. The van der Waals surface area contributed by atoms with E-state index in [0.29, 0.717) is 0 Å².